The highest BCUT2D eigenvalue weighted by Gasteiger charge is 2.07. The van der Waals surface area contributed by atoms with E-state index >= 15 is 0 Å². The fraction of sp³-hybridized carbons (Fsp3) is 0.353. The minimum Gasteiger partial charge on any atom is -0.370 e. The largest absolute Gasteiger partial charge is 0.370 e. The molecule has 0 aliphatic heterocycles. The van der Waals surface area contributed by atoms with Crippen LogP contribution in [0.15, 0.2) is 36.4 Å². The van der Waals surface area contributed by atoms with Crippen molar-refractivity contribution in [3.05, 3.63) is 42.1 Å². The third kappa shape index (κ3) is 6.21. The van der Waals surface area contributed by atoms with Gasteiger partial charge in [-0.1, -0.05) is 18.2 Å². The zero-order chi connectivity index (χ0) is 17.4. The predicted molar refractivity (Wildman–Crippen MR) is 97.5 cm³/mol. The number of hydrogen-bond acceptors (Lipinski definition) is 5. The fourth-order valence-electron chi connectivity index (χ4n) is 2.11. The summed E-state index contributed by atoms with van der Waals surface area (Å²) in [6.45, 7) is 3.68. The zero-order valence-electron chi connectivity index (χ0n) is 14.3. The Hall–Kier alpha value is -2.67. The number of carbonyl (C=O) groups excluding carboxylic acids is 1. The lowest BCUT2D eigenvalue weighted by Crippen LogP contribution is -2.21. The van der Waals surface area contributed by atoms with Gasteiger partial charge in [0.15, 0.2) is 0 Å². The highest BCUT2D eigenvalue weighted by atomic mass is 16.2. The Morgan fingerprint density at radius 1 is 1.12 bits per heavy atom. The van der Waals surface area contributed by atoms with Crippen LogP contribution in [0.2, 0.25) is 0 Å². The molecule has 1 aromatic heterocycles. The van der Waals surface area contributed by atoms with Crippen molar-refractivity contribution >= 4 is 23.5 Å². The van der Waals surface area contributed by atoms with Crippen LogP contribution >= 0.6 is 0 Å². The molecule has 0 saturated carbocycles. The van der Waals surface area contributed by atoms with Crippen LogP contribution in [0.1, 0.15) is 12.1 Å². The van der Waals surface area contributed by atoms with E-state index in [1.807, 2.05) is 57.4 Å². The van der Waals surface area contributed by atoms with Gasteiger partial charge in [-0.3, -0.25) is 5.32 Å². The molecule has 0 atom stereocenters. The molecule has 1 heterocycles. The Labute approximate surface area is 142 Å². The molecule has 0 fully saturated rings. The third-order valence-corrected chi connectivity index (χ3v) is 3.20. The summed E-state index contributed by atoms with van der Waals surface area (Å²) in [7, 11) is 4.09. The number of urea groups is 1. The van der Waals surface area contributed by atoms with Gasteiger partial charge in [-0.2, -0.15) is 4.98 Å². The molecule has 0 radical (unpaired) electrons. The van der Waals surface area contributed by atoms with E-state index in [4.69, 9.17) is 0 Å². The van der Waals surface area contributed by atoms with Crippen LogP contribution in [0.25, 0.3) is 0 Å². The summed E-state index contributed by atoms with van der Waals surface area (Å²) in [6.07, 6.45) is 1.01. The minimum atomic E-state index is -0.370. The van der Waals surface area contributed by atoms with E-state index in [2.05, 4.69) is 30.8 Å². The summed E-state index contributed by atoms with van der Waals surface area (Å²) in [5, 5.41) is 8.65. The molecule has 2 rings (SSSR count). The van der Waals surface area contributed by atoms with Gasteiger partial charge in [0.2, 0.25) is 5.95 Å². The van der Waals surface area contributed by atoms with Gasteiger partial charge < -0.3 is 15.5 Å². The van der Waals surface area contributed by atoms with Crippen LogP contribution in [0.5, 0.6) is 0 Å². The Morgan fingerprint density at radius 3 is 2.58 bits per heavy atom. The van der Waals surface area contributed by atoms with Crippen molar-refractivity contribution in [2.75, 3.05) is 43.1 Å². The first-order valence-corrected chi connectivity index (χ1v) is 7.90. The lowest BCUT2D eigenvalue weighted by atomic mass is 10.3. The van der Waals surface area contributed by atoms with Crippen LogP contribution in [-0.4, -0.2) is 48.1 Å². The van der Waals surface area contributed by atoms with Crippen molar-refractivity contribution < 1.29 is 4.79 Å². The lowest BCUT2D eigenvalue weighted by Gasteiger charge is -2.12. The molecule has 1 aromatic carbocycles. The maximum absolute atomic E-state index is 12.0. The van der Waals surface area contributed by atoms with Crippen LogP contribution in [0.3, 0.4) is 0 Å². The monoisotopic (exact) mass is 328 g/mol. The predicted octanol–water partition coefficient (Wildman–Crippen LogP) is 2.79. The maximum atomic E-state index is 12.0. The highest BCUT2D eigenvalue weighted by molar-refractivity contribution is 5.98. The molecule has 0 unspecified atom stereocenters. The quantitative estimate of drug-likeness (QED) is 0.681. The average molecular weight is 328 g/mol. The molecule has 7 heteroatoms. The van der Waals surface area contributed by atoms with E-state index in [1.165, 1.54) is 0 Å². The number of hydrogen-bond donors (Lipinski definition) is 3. The molecule has 3 N–H and O–H groups in total. The molecule has 0 spiro atoms. The molecule has 0 saturated heterocycles. The summed E-state index contributed by atoms with van der Waals surface area (Å²) >= 11 is 0. The van der Waals surface area contributed by atoms with E-state index in [0.29, 0.717) is 11.5 Å². The number of nitrogens with one attached hydrogen (secondary N) is 3. The summed E-state index contributed by atoms with van der Waals surface area (Å²) in [4.78, 5) is 22.7. The summed E-state index contributed by atoms with van der Waals surface area (Å²) in [5.41, 5.74) is 1.50. The second kappa shape index (κ2) is 8.83. The standard InChI is InChI=1S/C17H24N6O/c1-13-12-15(18-10-7-11-23(2)3)21-16(19-13)22-17(24)20-14-8-5-4-6-9-14/h4-6,8-9,12H,7,10-11H2,1-3H3,(H3,18,19,20,21,22,24). The van der Waals surface area contributed by atoms with E-state index in [9.17, 15) is 4.79 Å². The third-order valence-electron chi connectivity index (χ3n) is 3.20. The number of aromatic nitrogens is 2. The second-order valence-corrected chi connectivity index (χ2v) is 5.75. The van der Waals surface area contributed by atoms with Gasteiger partial charge in [0, 0.05) is 24.0 Å². The number of carbonyl (C=O) groups is 1. The zero-order valence-corrected chi connectivity index (χ0v) is 14.3. The second-order valence-electron chi connectivity index (χ2n) is 5.75. The van der Waals surface area contributed by atoms with Crippen molar-refractivity contribution in [3.8, 4) is 0 Å². The fourth-order valence-corrected chi connectivity index (χ4v) is 2.11. The van der Waals surface area contributed by atoms with Gasteiger partial charge in [0.25, 0.3) is 0 Å². The molecule has 128 valence electrons. The van der Waals surface area contributed by atoms with Gasteiger partial charge >= 0.3 is 6.03 Å². The van der Waals surface area contributed by atoms with Crippen molar-refractivity contribution in [2.24, 2.45) is 0 Å². The molecule has 0 aliphatic rings. The first-order chi connectivity index (χ1) is 11.5. The Balaban J connectivity index is 1.91. The van der Waals surface area contributed by atoms with Gasteiger partial charge in [-0.05, 0) is 46.1 Å². The number of amides is 2. The van der Waals surface area contributed by atoms with Gasteiger partial charge in [-0.15, -0.1) is 0 Å². The number of rotatable bonds is 7. The Morgan fingerprint density at radius 2 is 1.88 bits per heavy atom. The molecule has 2 aromatic rings. The van der Waals surface area contributed by atoms with Crippen LogP contribution in [0, 0.1) is 6.92 Å². The smallest absolute Gasteiger partial charge is 0.326 e. The SMILES string of the molecule is Cc1cc(NCCCN(C)C)nc(NC(=O)Nc2ccccc2)n1. The number of nitrogens with zero attached hydrogens (tertiary/aromatic N) is 3. The number of aryl methyl sites for hydroxylation is 1. The number of anilines is 3. The molecule has 0 aliphatic carbocycles. The Bertz CT molecular complexity index is 659. The van der Waals surface area contributed by atoms with Crippen LogP contribution in [0.4, 0.5) is 22.2 Å². The highest BCUT2D eigenvalue weighted by Crippen LogP contribution is 2.11. The molecular formula is C17H24N6O. The average Bonchev–Trinajstić information content (AvgIpc) is 2.51. The molecule has 0 bridgehead atoms. The number of benzene rings is 1. The van der Waals surface area contributed by atoms with Crippen molar-refractivity contribution in [3.63, 3.8) is 0 Å². The van der Waals surface area contributed by atoms with Crippen molar-refractivity contribution in [1.82, 2.24) is 14.9 Å². The normalized spacial score (nSPS) is 10.5. The topological polar surface area (TPSA) is 82.2 Å². The minimum absolute atomic E-state index is 0.276. The molecule has 7 nitrogen and oxygen atoms in total. The van der Waals surface area contributed by atoms with Crippen LogP contribution < -0.4 is 16.0 Å². The lowest BCUT2D eigenvalue weighted by molar-refractivity contribution is 0.262. The molecule has 24 heavy (non-hydrogen) atoms. The van der Waals surface area contributed by atoms with E-state index in [-0.39, 0.29) is 12.0 Å². The van der Waals surface area contributed by atoms with E-state index < -0.39 is 0 Å². The first kappa shape index (κ1) is 17.7. The summed E-state index contributed by atoms with van der Waals surface area (Å²) < 4.78 is 0. The van der Waals surface area contributed by atoms with Crippen LogP contribution in [-0.2, 0) is 0 Å². The number of para-hydroxylation sites is 1. The van der Waals surface area contributed by atoms with Crippen molar-refractivity contribution in [1.29, 1.82) is 0 Å². The summed E-state index contributed by atoms with van der Waals surface area (Å²) in [6, 6.07) is 10.7. The van der Waals surface area contributed by atoms with E-state index in [1.54, 1.807) is 0 Å². The van der Waals surface area contributed by atoms with Gasteiger partial charge in [-0.25, -0.2) is 9.78 Å². The first-order valence-electron chi connectivity index (χ1n) is 7.90. The molecular weight excluding hydrogens is 304 g/mol. The maximum Gasteiger partial charge on any atom is 0.326 e. The Kier molecular flexibility index (Phi) is 6.51. The summed E-state index contributed by atoms with van der Waals surface area (Å²) in [5.74, 6) is 0.981. The van der Waals surface area contributed by atoms with Gasteiger partial charge in [0.1, 0.15) is 5.82 Å². The van der Waals surface area contributed by atoms with E-state index in [0.717, 1.165) is 25.2 Å². The molecule has 2 amide bonds. The van der Waals surface area contributed by atoms with Crippen molar-refractivity contribution in [2.45, 2.75) is 13.3 Å². The van der Waals surface area contributed by atoms with Gasteiger partial charge in [0.05, 0.1) is 0 Å².